The highest BCUT2D eigenvalue weighted by atomic mass is 15.1. The molecule has 0 fully saturated rings. The first-order chi connectivity index (χ1) is 5.27. The first kappa shape index (κ1) is 10.3. The smallest absolute Gasteiger partial charge is 0.0893 e. The first-order valence-electron chi connectivity index (χ1n) is 4.00. The zero-order valence-electron chi connectivity index (χ0n) is 7.67. The van der Waals surface area contributed by atoms with Gasteiger partial charge in [-0.15, -0.1) is 0 Å². The van der Waals surface area contributed by atoms with Gasteiger partial charge in [-0.1, -0.05) is 6.92 Å². The summed E-state index contributed by atoms with van der Waals surface area (Å²) in [5, 5.41) is 0. The Bertz CT molecular complexity index is 134. The SMILES string of the molecule is CCCN=C=NCCN(C)C. The molecule has 0 spiro atoms. The van der Waals surface area contributed by atoms with E-state index in [1.807, 2.05) is 14.1 Å². The Kier molecular flexibility index (Phi) is 7.00. The van der Waals surface area contributed by atoms with E-state index in [1.54, 1.807) is 0 Å². The standard InChI is InChI=1S/C8H17N3/c1-4-5-9-8-10-6-7-11(2)3/h4-7H2,1-3H3. The quantitative estimate of drug-likeness (QED) is 0.547. The summed E-state index contributed by atoms with van der Waals surface area (Å²) >= 11 is 0. The predicted molar refractivity (Wildman–Crippen MR) is 48.4 cm³/mol. The molecule has 3 heteroatoms. The van der Waals surface area contributed by atoms with E-state index in [-0.39, 0.29) is 0 Å². The number of aliphatic imine (C=N–C) groups is 2. The zero-order valence-corrected chi connectivity index (χ0v) is 7.67. The Balaban J connectivity index is 3.28. The van der Waals surface area contributed by atoms with E-state index in [1.165, 1.54) is 0 Å². The van der Waals surface area contributed by atoms with Crippen molar-refractivity contribution >= 4 is 6.01 Å². The average molecular weight is 155 g/mol. The van der Waals surface area contributed by atoms with Crippen LogP contribution in [0.15, 0.2) is 9.98 Å². The molecule has 0 aliphatic carbocycles. The van der Waals surface area contributed by atoms with Crippen molar-refractivity contribution in [2.45, 2.75) is 13.3 Å². The van der Waals surface area contributed by atoms with E-state index >= 15 is 0 Å². The van der Waals surface area contributed by atoms with Gasteiger partial charge in [-0.3, -0.25) is 0 Å². The minimum atomic E-state index is 0.792. The van der Waals surface area contributed by atoms with Crippen molar-refractivity contribution in [3.63, 3.8) is 0 Å². The molecule has 0 bridgehead atoms. The number of likely N-dealkylation sites (N-methyl/N-ethyl adjacent to an activating group) is 1. The van der Waals surface area contributed by atoms with E-state index in [9.17, 15) is 0 Å². The highest BCUT2D eigenvalue weighted by Crippen LogP contribution is 1.75. The molecule has 0 aliphatic rings. The second-order valence-corrected chi connectivity index (χ2v) is 2.67. The van der Waals surface area contributed by atoms with Crippen LogP contribution in [0.25, 0.3) is 0 Å². The Morgan fingerprint density at radius 3 is 2.36 bits per heavy atom. The van der Waals surface area contributed by atoms with E-state index in [4.69, 9.17) is 0 Å². The van der Waals surface area contributed by atoms with Gasteiger partial charge in [0, 0.05) is 13.1 Å². The molecule has 0 unspecified atom stereocenters. The van der Waals surface area contributed by atoms with Gasteiger partial charge in [0.05, 0.1) is 12.6 Å². The van der Waals surface area contributed by atoms with Crippen LogP contribution in [0.2, 0.25) is 0 Å². The molecule has 0 aromatic rings. The van der Waals surface area contributed by atoms with Crippen molar-refractivity contribution in [2.75, 3.05) is 33.7 Å². The Hall–Kier alpha value is -0.660. The molecule has 0 aliphatic heterocycles. The molecule has 0 heterocycles. The molecule has 0 rings (SSSR count). The maximum Gasteiger partial charge on any atom is 0.0893 e. The van der Waals surface area contributed by atoms with Crippen LogP contribution in [-0.4, -0.2) is 44.6 Å². The summed E-state index contributed by atoms with van der Waals surface area (Å²) in [6.45, 7) is 4.69. The number of hydrogen-bond donors (Lipinski definition) is 0. The van der Waals surface area contributed by atoms with Crippen molar-refractivity contribution in [3.8, 4) is 0 Å². The molecule has 64 valence electrons. The molecular formula is C8H17N3. The summed E-state index contributed by atoms with van der Waals surface area (Å²) in [5.74, 6) is 0. The van der Waals surface area contributed by atoms with Gasteiger partial charge in [0.1, 0.15) is 0 Å². The molecule has 0 saturated carbocycles. The van der Waals surface area contributed by atoms with Crippen molar-refractivity contribution in [1.82, 2.24) is 4.90 Å². The van der Waals surface area contributed by atoms with E-state index in [0.717, 1.165) is 26.1 Å². The Morgan fingerprint density at radius 2 is 1.82 bits per heavy atom. The van der Waals surface area contributed by atoms with E-state index in [0.29, 0.717) is 0 Å². The lowest BCUT2D eigenvalue weighted by molar-refractivity contribution is 0.421. The topological polar surface area (TPSA) is 28.0 Å². The van der Waals surface area contributed by atoms with Gasteiger partial charge in [-0.05, 0) is 20.5 Å². The predicted octanol–water partition coefficient (Wildman–Crippen LogP) is 1.13. The van der Waals surface area contributed by atoms with Crippen LogP contribution >= 0.6 is 0 Å². The monoisotopic (exact) mass is 155 g/mol. The summed E-state index contributed by atoms with van der Waals surface area (Å²) in [4.78, 5) is 10.0. The lowest BCUT2D eigenvalue weighted by Gasteiger charge is -2.03. The maximum atomic E-state index is 3.99. The lowest BCUT2D eigenvalue weighted by atomic mass is 10.5. The van der Waals surface area contributed by atoms with Crippen LogP contribution in [0.1, 0.15) is 13.3 Å². The molecule has 3 nitrogen and oxygen atoms in total. The normalized spacial score (nSPS) is 9.45. The van der Waals surface area contributed by atoms with Crippen LogP contribution < -0.4 is 0 Å². The van der Waals surface area contributed by atoms with Crippen LogP contribution in [0.4, 0.5) is 0 Å². The fourth-order valence-corrected chi connectivity index (χ4v) is 0.512. The van der Waals surface area contributed by atoms with Crippen LogP contribution in [0, 0.1) is 0 Å². The summed E-state index contributed by atoms with van der Waals surface area (Å²) in [7, 11) is 4.05. The van der Waals surface area contributed by atoms with Crippen LogP contribution in [0.5, 0.6) is 0 Å². The third kappa shape index (κ3) is 9.34. The Morgan fingerprint density at radius 1 is 1.18 bits per heavy atom. The van der Waals surface area contributed by atoms with Crippen molar-refractivity contribution < 1.29 is 0 Å². The maximum absolute atomic E-state index is 3.99. The molecule has 0 amide bonds. The molecular weight excluding hydrogens is 138 g/mol. The van der Waals surface area contributed by atoms with Crippen molar-refractivity contribution in [3.05, 3.63) is 0 Å². The molecule has 0 aromatic carbocycles. The minimum Gasteiger partial charge on any atom is -0.308 e. The first-order valence-corrected chi connectivity index (χ1v) is 4.00. The second-order valence-electron chi connectivity index (χ2n) is 2.67. The Labute approximate surface area is 68.8 Å². The summed E-state index contributed by atoms with van der Waals surface area (Å²) in [5.41, 5.74) is 0. The fraction of sp³-hybridized carbons (Fsp3) is 0.875. The molecule has 0 saturated heterocycles. The van der Waals surface area contributed by atoms with E-state index in [2.05, 4.69) is 27.8 Å². The van der Waals surface area contributed by atoms with Crippen molar-refractivity contribution in [1.29, 1.82) is 0 Å². The molecule has 11 heavy (non-hydrogen) atoms. The largest absolute Gasteiger partial charge is 0.308 e. The molecule has 0 atom stereocenters. The number of rotatable bonds is 5. The summed E-state index contributed by atoms with van der Waals surface area (Å²) in [6, 6.07) is 2.66. The van der Waals surface area contributed by atoms with Gasteiger partial charge in [-0.2, -0.15) is 0 Å². The van der Waals surface area contributed by atoms with Gasteiger partial charge in [0.2, 0.25) is 0 Å². The average Bonchev–Trinajstić information content (AvgIpc) is 1.96. The third-order valence-corrected chi connectivity index (χ3v) is 1.14. The highest BCUT2D eigenvalue weighted by Gasteiger charge is 1.83. The van der Waals surface area contributed by atoms with Gasteiger partial charge in [0.15, 0.2) is 0 Å². The lowest BCUT2D eigenvalue weighted by Crippen LogP contribution is -2.15. The highest BCUT2D eigenvalue weighted by molar-refractivity contribution is 5.40. The van der Waals surface area contributed by atoms with Crippen LogP contribution in [-0.2, 0) is 0 Å². The van der Waals surface area contributed by atoms with E-state index < -0.39 is 0 Å². The van der Waals surface area contributed by atoms with Gasteiger partial charge >= 0.3 is 0 Å². The summed E-state index contributed by atoms with van der Waals surface area (Å²) < 4.78 is 0. The van der Waals surface area contributed by atoms with Gasteiger partial charge < -0.3 is 4.90 Å². The van der Waals surface area contributed by atoms with Crippen LogP contribution in [0.3, 0.4) is 0 Å². The number of nitrogens with zero attached hydrogens (tertiary/aromatic N) is 3. The second kappa shape index (κ2) is 7.45. The number of hydrogen-bond acceptors (Lipinski definition) is 3. The molecule has 0 aromatic heterocycles. The molecule has 0 radical (unpaired) electrons. The molecule has 0 N–H and O–H groups in total. The van der Waals surface area contributed by atoms with Gasteiger partial charge in [0.25, 0.3) is 0 Å². The minimum absolute atomic E-state index is 0.792. The van der Waals surface area contributed by atoms with Crippen molar-refractivity contribution in [2.24, 2.45) is 9.98 Å². The fourth-order valence-electron chi connectivity index (χ4n) is 0.512. The van der Waals surface area contributed by atoms with Gasteiger partial charge in [-0.25, -0.2) is 9.98 Å². The summed E-state index contributed by atoms with van der Waals surface area (Å²) in [6.07, 6.45) is 1.07. The third-order valence-electron chi connectivity index (χ3n) is 1.14. The zero-order chi connectivity index (χ0) is 8.53.